The van der Waals surface area contributed by atoms with Gasteiger partial charge < -0.3 is 24.8 Å². The highest BCUT2D eigenvalue weighted by Gasteiger charge is 1.97. The Kier molecular flexibility index (Phi) is 20.8. The molecular formula is C15H34IN3O3. The minimum atomic E-state index is 0. The highest BCUT2D eigenvalue weighted by atomic mass is 127. The number of halogens is 1. The molecule has 0 heterocycles. The first kappa shape index (κ1) is 24.1. The van der Waals surface area contributed by atoms with E-state index in [1.807, 2.05) is 0 Å². The van der Waals surface area contributed by atoms with Crippen LogP contribution in [-0.2, 0) is 14.2 Å². The van der Waals surface area contributed by atoms with E-state index in [0.717, 1.165) is 38.6 Å². The summed E-state index contributed by atoms with van der Waals surface area (Å²) in [4.78, 5) is 4.49. The summed E-state index contributed by atoms with van der Waals surface area (Å²) in [5.41, 5.74) is 0. The molecule has 0 fully saturated rings. The summed E-state index contributed by atoms with van der Waals surface area (Å²) in [6.07, 6.45) is 0.907. The Labute approximate surface area is 152 Å². The molecule has 0 aromatic carbocycles. The number of rotatable bonds is 13. The number of methoxy groups -OCH3 is 1. The van der Waals surface area contributed by atoms with E-state index in [0.29, 0.717) is 32.3 Å². The van der Waals surface area contributed by atoms with Crippen LogP contribution in [0.4, 0.5) is 0 Å². The molecule has 0 unspecified atom stereocenters. The molecule has 0 aliphatic carbocycles. The number of nitrogens with zero attached hydrogens (tertiary/aromatic N) is 1. The van der Waals surface area contributed by atoms with E-state index in [2.05, 4.69) is 36.4 Å². The normalized spacial score (nSPS) is 11.4. The van der Waals surface area contributed by atoms with Gasteiger partial charge in [0, 0.05) is 40.0 Å². The van der Waals surface area contributed by atoms with Gasteiger partial charge in [-0.25, -0.2) is 0 Å². The summed E-state index contributed by atoms with van der Waals surface area (Å²) in [5.74, 6) is 1.41. The Morgan fingerprint density at radius 2 is 1.82 bits per heavy atom. The number of hydrogen-bond donors (Lipinski definition) is 2. The minimum Gasteiger partial charge on any atom is -0.382 e. The molecule has 0 saturated carbocycles. The van der Waals surface area contributed by atoms with Crippen molar-refractivity contribution >= 4 is 29.9 Å². The lowest BCUT2D eigenvalue weighted by Gasteiger charge is -2.12. The molecule has 0 aliphatic heterocycles. The van der Waals surface area contributed by atoms with Crippen molar-refractivity contribution in [2.24, 2.45) is 10.9 Å². The van der Waals surface area contributed by atoms with Gasteiger partial charge in [0.05, 0.1) is 19.8 Å². The predicted octanol–water partition coefficient (Wildman–Crippen LogP) is 1.89. The zero-order chi connectivity index (χ0) is 15.8. The van der Waals surface area contributed by atoms with Crippen LogP contribution in [-0.4, -0.2) is 65.7 Å². The Balaban J connectivity index is 0. The van der Waals surface area contributed by atoms with Crippen LogP contribution in [0.25, 0.3) is 0 Å². The van der Waals surface area contributed by atoms with E-state index in [4.69, 9.17) is 14.2 Å². The van der Waals surface area contributed by atoms with Gasteiger partial charge in [0.1, 0.15) is 0 Å². The van der Waals surface area contributed by atoms with Gasteiger partial charge in [-0.15, -0.1) is 24.0 Å². The zero-order valence-corrected chi connectivity index (χ0v) is 16.9. The third-order valence-corrected chi connectivity index (χ3v) is 2.48. The van der Waals surface area contributed by atoms with E-state index in [9.17, 15) is 0 Å². The first-order chi connectivity index (χ1) is 10.2. The lowest BCUT2D eigenvalue weighted by molar-refractivity contribution is 0.0702. The fraction of sp³-hybridized carbons (Fsp3) is 0.933. The SMILES string of the molecule is CCNC(=NCCCOCCOC)NCCOCC(C)C.I. The highest BCUT2D eigenvalue weighted by Crippen LogP contribution is 1.91. The topological polar surface area (TPSA) is 64.1 Å². The highest BCUT2D eigenvalue weighted by molar-refractivity contribution is 14.0. The summed E-state index contributed by atoms with van der Waals surface area (Å²) in [5, 5.41) is 6.47. The van der Waals surface area contributed by atoms with Crippen molar-refractivity contribution < 1.29 is 14.2 Å². The van der Waals surface area contributed by atoms with E-state index in [1.54, 1.807) is 7.11 Å². The second kappa shape index (κ2) is 18.9. The van der Waals surface area contributed by atoms with Crippen LogP contribution >= 0.6 is 24.0 Å². The molecule has 0 bridgehead atoms. The lowest BCUT2D eigenvalue weighted by Crippen LogP contribution is -2.39. The second-order valence-electron chi connectivity index (χ2n) is 5.11. The fourth-order valence-electron chi connectivity index (χ4n) is 1.50. The summed E-state index contributed by atoms with van der Waals surface area (Å²) < 4.78 is 15.8. The molecule has 0 radical (unpaired) electrons. The van der Waals surface area contributed by atoms with Crippen LogP contribution in [0.5, 0.6) is 0 Å². The van der Waals surface area contributed by atoms with Gasteiger partial charge >= 0.3 is 0 Å². The zero-order valence-electron chi connectivity index (χ0n) is 14.5. The number of guanidine groups is 1. The maximum absolute atomic E-state index is 5.53. The van der Waals surface area contributed by atoms with Crippen molar-refractivity contribution in [1.82, 2.24) is 10.6 Å². The van der Waals surface area contributed by atoms with E-state index in [-0.39, 0.29) is 24.0 Å². The maximum atomic E-state index is 5.53. The molecule has 0 aliphatic rings. The van der Waals surface area contributed by atoms with Crippen molar-refractivity contribution in [2.75, 3.05) is 59.8 Å². The number of ether oxygens (including phenoxy) is 3. The summed E-state index contributed by atoms with van der Waals surface area (Å²) >= 11 is 0. The molecule has 6 nitrogen and oxygen atoms in total. The predicted molar refractivity (Wildman–Crippen MR) is 102 cm³/mol. The van der Waals surface area contributed by atoms with Gasteiger partial charge in [-0.1, -0.05) is 13.8 Å². The molecule has 0 saturated heterocycles. The van der Waals surface area contributed by atoms with Crippen molar-refractivity contribution in [3.05, 3.63) is 0 Å². The standard InChI is InChI=1S/C15H33N3O3.HI/c1-5-16-15(18-8-10-21-13-14(2)3)17-7-6-9-20-12-11-19-4;/h14H,5-13H2,1-4H3,(H2,16,17,18);1H. The summed E-state index contributed by atoms with van der Waals surface area (Å²) in [6, 6.07) is 0. The molecule has 0 aromatic heterocycles. The van der Waals surface area contributed by atoms with Gasteiger partial charge in [0.25, 0.3) is 0 Å². The Morgan fingerprint density at radius 3 is 2.45 bits per heavy atom. The molecule has 22 heavy (non-hydrogen) atoms. The Morgan fingerprint density at radius 1 is 1.05 bits per heavy atom. The molecule has 0 amide bonds. The van der Waals surface area contributed by atoms with E-state index >= 15 is 0 Å². The maximum Gasteiger partial charge on any atom is 0.191 e. The second-order valence-corrected chi connectivity index (χ2v) is 5.11. The van der Waals surface area contributed by atoms with Crippen LogP contribution in [0.3, 0.4) is 0 Å². The molecular weight excluding hydrogens is 397 g/mol. The molecule has 0 aromatic rings. The third-order valence-electron chi connectivity index (χ3n) is 2.48. The largest absolute Gasteiger partial charge is 0.382 e. The van der Waals surface area contributed by atoms with Crippen molar-refractivity contribution in [3.63, 3.8) is 0 Å². The van der Waals surface area contributed by atoms with Crippen molar-refractivity contribution in [1.29, 1.82) is 0 Å². The Bertz CT molecular complexity index is 254. The lowest BCUT2D eigenvalue weighted by atomic mass is 10.2. The first-order valence-electron chi connectivity index (χ1n) is 7.87. The monoisotopic (exact) mass is 431 g/mol. The van der Waals surface area contributed by atoms with Gasteiger partial charge in [-0.2, -0.15) is 0 Å². The minimum absolute atomic E-state index is 0. The van der Waals surface area contributed by atoms with Crippen LogP contribution in [0.15, 0.2) is 4.99 Å². The molecule has 7 heteroatoms. The van der Waals surface area contributed by atoms with Crippen LogP contribution < -0.4 is 10.6 Å². The average molecular weight is 431 g/mol. The first-order valence-corrected chi connectivity index (χ1v) is 7.87. The Hall–Kier alpha value is -0.120. The van der Waals surface area contributed by atoms with Crippen LogP contribution in [0.1, 0.15) is 27.2 Å². The summed E-state index contributed by atoms with van der Waals surface area (Å²) in [7, 11) is 1.67. The molecule has 0 atom stereocenters. The molecule has 2 N–H and O–H groups in total. The number of nitrogens with one attached hydrogen (secondary N) is 2. The van der Waals surface area contributed by atoms with Crippen molar-refractivity contribution in [3.8, 4) is 0 Å². The number of hydrogen-bond acceptors (Lipinski definition) is 4. The van der Waals surface area contributed by atoms with Crippen molar-refractivity contribution in [2.45, 2.75) is 27.2 Å². The fourth-order valence-corrected chi connectivity index (χ4v) is 1.50. The van der Waals surface area contributed by atoms with E-state index < -0.39 is 0 Å². The van der Waals surface area contributed by atoms with Gasteiger partial charge in [-0.05, 0) is 19.3 Å². The summed E-state index contributed by atoms with van der Waals surface area (Å²) in [6.45, 7) is 12.2. The van der Waals surface area contributed by atoms with Gasteiger partial charge in [0.2, 0.25) is 0 Å². The smallest absolute Gasteiger partial charge is 0.191 e. The van der Waals surface area contributed by atoms with Gasteiger partial charge in [0.15, 0.2) is 5.96 Å². The molecule has 0 spiro atoms. The average Bonchev–Trinajstić information content (AvgIpc) is 2.45. The molecule has 0 rings (SSSR count). The quantitative estimate of drug-likeness (QED) is 0.202. The van der Waals surface area contributed by atoms with E-state index in [1.165, 1.54) is 0 Å². The van der Waals surface area contributed by atoms with Crippen LogP contribution in [0, 0.1) is 5.92 Å². The molecule has 134 valence electrons. The third kappa shape index (κ3) is 17.9. The van der Waals surface area contributed by atoms with Gasteiger partial charge in [-0.3, -0.25) is 4.99 Å². The number of aliphatic imine (C=N–C) groups is 1. The van der Waals surface area contributed by atoms with Crippen LogP contribution in [0.2, 0.25) is 0 Å².